The number of amides is 1. The topological polar surface area (TPSA) is 71.7 Å². The van der Waals surface area contributed by atoms with Crippen molar-refractivity contribution in [1.29, 1.82) is 0 Å². The van der Waals surface area contributed by atoms with Gasteiger partial charge in [0.25, 0.3) is 0 Å². The van der Waals surface area contributed by atoms with Crippen molar-refractivity contribution in [3.8, 4) is 0 Å². The zero-order chi connectivity index (χ0) is 15.3. The van der Waals surface area contributed by atoms with Gasteiger partial charge in [-0.1, -0.05) is 0 Å². The Morgan fingerprint density at radius 1 is 1.29 bits per heavy atom. The standard InChI is InChI=1S/C15H22N4O2/c1-14(2,3)21-13(20)19-9-15(10-19)7-18(8-15)12-5-4-11(16)6-17-12/h4-6H,7-10,16H2,1-3H3. The van der Waals surface area contributed by atoms with Gasteiger partial charge in [0.1, 0.15) is 11.4 Å². The van der Waals surface area contributed by atoms with Gasteiger partial charge >= 0.3 is 6.09 Å². The van der Waals surface area contributed by atoms with Crippen LogP contribution in [0.5, 0.6) is 0 Å². The van der Waals surface area contributed by atoms with E-state index in [0.29, 0.717) is 5.69 Å². The van der Waals surface area contributed by atoms with E-state index < -0.39 is 5.60 Å². The highest BCUT2D eigenvalue weighted by molar-refractivity contribution is 5.70. The minimum Gasteiger partial charge on any atom is -0.444 e. The minimum absolute atomic E-state index is 0.211. The van der Waals surface area contributed by atoms with Crippen molar-refractivity contribution in [2.45, 2.75) is 26.4 Å². The van der Waals surface area contributed by atoms with E-state index in [1.54, 1.807) is 11.1 Å². The number of nitrogens with zero attached hydrogens (tertiary/aromatic N) is 3. The molecule has 0 saturated carbocycles. The van der Waals surface area contributed by atoms with Crippen LogP contribution in [0.3, 0.4) is 0 Å². The van der Waals surface area contributed by atoms with Gasteiger partial charge < -0.3 is 20.3 Å². The molecule has 6 nitrogen and oxygen atoms in total. The van der Waals surface area contributed by atoms with Crippen molar-refractivity contribution in [2.75, 3.05) is 36.8 Å². The van der Waals surface area contributed by atoms with E-state index in [1.807, 2.05) is 32.9 Å². The largest absolute Gasteiger partial charge is 0.444 e. The van der Waals surface area contributed by atoms with E-state index in [-0.39, 0.29) is 11.5 Å². The van der Waals surface area contributed by atoms with Crippen LogP contribution in [0.4, 0.5) is 16.3 Å². The molecule has 2 N–H and O–H groups in total. The average Bonchev–Trinajstić information content (AvgIpc) is 2.25. The molecule has 0 aromatic carbocycles. The monoisotopic (exact) mass is 290 g/mol. The van der Waals surface area contributed by atoms with Gasteiger partial charge in [-0.3, -0.25) is 0 Å². The van der Waals surface area contributed by atoms with Crippen LogP contribution in [0.2, 0.25) is 0 Å². The average molecular weight is 290 g/mol. The number of hydrogen-bond acceptors (Lipinski definition) is 5. The van der Waals surface area contributed by atoms with Crippen molar-refractivity contribution in [3.05, 3.63) is 18.3 Å². The maximum atomic E-state index is 11.9. The Labute approximate surface area is 124 Å². The number of carbonyl (C=O) groups is 1. The lowest BCUT2D eigenvalue weighted by Crippen LogP contribution is -2.73. The Bertz CT molecular complexity index is 536. The molecule has 3 heterocycles. The number of likely N-dealkylation sites (tertiary alicyclic amines) is 1. The Hall–Kier alpha value is -1.98. The van der Waals surface area contributed by atoms with Crippen molar-refractivity contribution in [3.63, 3.8) is 0 Å². The van der Waals surface area contributed by atoms with Crippen LogP contribution in [0.1, 0.15) is 20.8 Å². The second kappa shape index (κ2) is 4.51. The third kappa shape index (κ3) is 2.75. The van der Waals surface area contributed by atoms with Crippen molar-refractivity contribution < 1.29 is 9.53 Å². The first-order valence-electron chi connectivity index (χ1n) is 7.21. The number of rotatable bonds is 1. The number of anilines is 2. The molecule has 0 unspecified atom stereocenters. The lowest BCUT2D eigenvalue weighted by atomic mass is 9.73. The summed E-state index contributed by atoms with van der Waals surface area (Å²) in [4.78, 5) is 20.2. The quantitative estimate of drug-likeness (QED) is 0.852. The summed E-state index contributed by atoms with van der Waals surface area (Å²) < 4.78 is 5.38. The maximum absolute atomic E-state index is 11.9. The number of hydrogen-bond donors (Lipinski definition) is 1. The number of pyridine rings is 1. The van der Waals surface area contributed by atoms with Gasteiger partial charge in [-0.25, -0.2) is 9.78 Å². The number of aromatic nitrogens is 1. The van der Waals surface area contributed by atoms with Crippen LogP contribution >= 0.6 is 0 Å². The van der Waals surface area contributed by atoms with Crippen molar-refractivity contribution in [2.24, 2.45) is 5.41 Å². The summed E-state index contributed by atoms with van der Waals surface area (Å²) in [5.74, 6) is 0.950. The van der Waals surface area contributed by atoms with Gasteiger partial charge in [-0.05, 0) is 32.9 Å². The molecule has 0 atom stereocenters. The number of nitrogen functional groups attached to an aromatic ring is 1. The molecule has 114 valence electrons. The van der Waals surface area contributed by atoms with Crippen molar-refractivity contribution in [1.82, 2.24) is 9.88 Å². The van der Waals surface area contributed by atoms with E-state index in [9.17, 15) is 4.79 Å². The van der Waals surface area contributed by atoms with Crippen molar-refractivity contribution >= 4 is 17.6 Å². The zero-order valence-electron chi connectivity index (χ0n) is 12.8. The van der Waals surface area contributed by atoms with Gasteiger partial charge in [0.15, 0.2) is 0 Å². The van der Waals surface area contributed by atoms with Crippen LogP contribution in [0, 0.1) is 5.41 Å². The van der Waals surface area contributed by atoms with Crippen LogP contribution in [-0.4, -0.2) is 47.8 Å². The smallest absolute Gasteiger partial charge is 0.410 e. The second-order valence-corrected chi connectivity index (χ2v) is 7.14. The Morgan fingerprint density at radius 3 is 2.48 bits per heavy atom. The van der Waals surface area contributed by atoms with Crippen LogP contribution in [-0.2, 0) is 4.74 Å². The van der Waals surface area contributed by atoms with Crippen LogP contribution in [0.15, 0.2) is 18.3 Å². The lowest BCUT2D eigenvalue weighted by Gasteiger charge is -2.60. The highest BCUT2D eigenvalue weighted by Gasteiger charge is 2.54. The molecule has 0 aliphatic carbocycles. The van der Waals surface area contributed by atoms with Gasteiger partial charge in [-0.2, -0.15) is 0 Å². The molecule has 2 saturated heterocycles. The SMILES string of the molecule is CC(C)(C)OC(=O)N1CC2(C1)CN(c1ccc(N)cn1)C2. The fourth-order valence-electron chi connectivity index (χ4n) is 2.93. The van der Waals surface area contributed by atoms with Gasteiger partial charge in [0.2, 0.25) is 0 Å². The zero-order valence-corrected chi connectivity index (χ0v) is 12.8. The first-order chi connectivity index (χ1) is 9.76. The third-order valence-corrected chi connectivity index (χ3v) is 3.85. The Morgan fingerprint density at radius 2 is 1.95 bits per heavy atom. The van der Waals surface area contributed by atoms with Crippen LogP contribution < -0.4 is 10.6 Å². The highest BCUT2D eigenvalue weighted by atomic mass is 16.6. The molecule has 6 heteroatoms. The molecule has 2 fully saturated rings. The summed E-state index contributed by atoms with van der Waals surface area (Å²) in [6.07, 6.45) is 1.46. The second-order valence-electron chi connectivity index (χ2n) is 7.14. The number of carbonyl (C=O) groups excluding carboxylic acids is 1. The van der Waals surface area contributed by atoms with E-state index in [1.165, 1.54) is 0 Å². The predicted octanol–water partition coefficient (Wildman–Crippen LogP) is 1.72. The normalized spacial score (nSPS) is 20.0. The molecular formula is C15H22N4O2. The molecule has 2 aliphatic rings. The third-order valence-electron chi connectivity index (χ3n) is 3.85. The molecule has 2 aliphatic heterocycles. The molecule has 1 aromatic heterocycles. The van der Waals surface area contributed by atoms with E-state index in [0.717, 1.165) is 32.0 Å². The first-order valence-corrected chi connectivity index (χ1v) is 7.21. The number of ether oxygens (including phenoxy) is 1. The summed E-state index contributed by atoms with van der Waals surface area (Å²) in [5.41, 5.74) is 6.11. The first kappa shape index (κ1) is 14.0. The Kier molecular flexibility index (Phi) is 3.00. The molecule has 21 heavy (non-hydrogen) atoms. The van der Waals surface area contributed by atoms with Gasteiger partial charge in [0.05, 0.1) is 11.9 Å². The fourth-order valence-corrected chi connectivity index (χ4v) is 2.93. The van der Waals surface area contributed by atoms with E-state index in [2.05, 4.69) is 9.88 Å². The summed E-state index contributed by atoms with van der Waals surface area (Å²) in [6.45, 7) is 9.07. The van der Waals surface area contributed by atoms with E-state index in [4.69, 9.17) is 10.5 Å². The van der Waals surface area contributed by atoms with Crippen LogP contribution in [0.25, 0.3) is 0 Å². The molecule has 1 amide bonds. The molecule has 0 radical (unpaired) electrons. The van der Waals surface area contributed by atoms with Gasteiger partial charge in [0, 0.05) is 31.6 Å². The summed E-state index contributed by atoms with van der Waals surface area (Å²) in [7, 11) is 0. The maximum Gasteiger partial charge on any atom is 0.410 e. The fraction of sp³-hybridized carbons (Fsp3) is 0.600. The predicted molar refractivity (Wildman–Crippen MR) is 81.1 cm³/mol. The lowest BCUT2D eigenvalue weighted by molar-refractivity contribution is -0.0454. The molecular weight excluding hydrogens is 268 g/mol. The molecule has 0 bridgehead atoms. The number of nitrogens with two attached hydrogens (primary N) is 1. The molecule has 1 spiro atoms. The molecule has 3 rings (SSSR count). The highest BCUT2D eigenvalue weighted by Crippen LogP contribution is 2.41. The Balaban J connectivity index is 1.50. The van der Waals surface area contributed by atoms with E-state index >= 15 is 0 Å². The summed E-state index contributed by atoms with van der Waals surface area (Å²) in [6, 6.07) is 3.80. The summed E-state index contributed by atoms with van der Waals surface area (Å²) in [5, 5.41) is 0. The van der Waals surface area contributed by atoms with Gasteiger partial charge in [-0.15, -0.1) is 0 Å². The summed E-state index contributed by atoms with van der Waals surface area (Å²) >= 11 is 0. The minimum atomic E-state index is -0.431. The molecule has 1 aromatic rings.